The third kappa shape index (κ3) is 3.53. The molecule has 0 unspecified atom stereocenters. The van der Waals surface area contributed by atoms with Crippen LogP contribution in [0.25, 0.3) is 0 Å². The fraction of sp³-hybridized carbons (Fsp3) is 0.545. The van der Waals surface area contributed by atoms with Crippen LogP contribution >= 0.6 is 0 Å². The summed E-state index contributed by atoms with van der Waals surface area (Å²) in [6, 6.07) is 6.17. The number of benzene rings is 1. The number of nitrogens with zero attached hydrogens (tertiary/aromatic N) is 2. The summed E-state index contributed by atoms with van der Waals surface area (Å²) >= 11 is 0. The summed E-state index contributed by atoms with van der Waals surface area (Å²) in [5, 5.41) is 0. The molecule has 0 radical (unpaired) electrons. The minimum atomic E-state index is -0.319. The predicted octanol–water partition coefficient (Wildman–Crippen LogP) is 2.59. The van der Waals surface area contributed by atoms with Gasteiger partial charge < -0.3 is 14.5 Å². The minimum Gasteiger partial charge on any atom is -0.371 e. The average molecular weight is 368 g/mol. The van der Waals surface area contributed by atoms with E-state index in [1.54, 1.807) is 0 Å². The van der Waals surface area contributed by atoms with Crippen LogP contribution in [0.1, 0.15) is 47.2 Å². The van der Waals surface area contributed by atoms with Crippen molar-refractivity contribution in [2.45, 2.75) is 44.1 Å². The molecule has 0 N–H and O–H groups in total. The van der Waals surface area contributed by atoms with Gasteiger partial charge in [-0.1, -0.05) is 18.7 Å². The van der Waals surface area contributed by atoms with Crippen molar-refractivity contribution in [3.05, 3.63) is 47.5 Å². The maximum absolute atomic E-state index is 13.3. The first-order valence-corrected chi connectivity index (χ1v) is 10.1. The van der Waals surface area contributed by atoms with Crippen molar-refractivity contribution in [3.8, 4) is 0 Å². The number of carbonyl (C=O) groups is 2. The molecule has 2 fully saturated rings. The topological polar surface area (TPSA) is 49.9 Å². The molecule has 1 aromatic carbocycles. The van der Waals surface area contributed by atoms with E-state index in [0.29, 0.717) is 32.8 Å². The molecule has 1 aliphatic carbocycles. The Morgan fingerprint density at radius 1 is 1.07 bits per heavy atom. The summed E-state index contributed by atoms with van der Waals surface area (Å²) in [5.74, 6) is 0.116. The summed E-state index contributed by atoms with van der Waals surface area (Å²) in [6.07, 6.45) is 7.37. The number of hydrogen-bond acceptors (Lipinski definition) is 3. The maximum atomic E-state index is 13.3. The lowest BCUT2D eigenvalue weighted by molar-refractivity contribution is -0.143. The van der Waals surface area contributed by atoms with Crippen molar-refractivity contribution >= 4 is 11.8 Å². The molecule has 0 atom stereocenters. The Bertz CT molecular complexity index is 750. The van der Waals surface area contributed by atoms with Crippen LogP contribution in [0.15, 0.2) is 30.9 Å². The second kappa shape index (κ2) is 7.47. The zero-order valence-electron chi connectivity index (χ0n) is 15.9. The molecule has 3 aliphatic rings. The van der Waals surface area contributed by atoms with Crippen molar-refractivity contribution in [2.24, 2.45) is 0 Å². The normalized spacial score (nSPS) is 21.6. The van der Waals surface area contributed by atoms with E-state index in [2.05, 4.69) is 12.6 Å². The SMILES string of the molecule is C=CC(=O)N1CCC2(CC1)CN(C(=O)c1cccc3c1CCCC3)CCO2. The number of piperidine rings is 1. The van der Waals surface area contributed by atoms with Gasteiger partial charge in [-0.05, 0) is 61.8 Å². The molecule has 5 heteroatoms. The van der Waals surface area contributed by atoms with Crippen LogP contribution in [-0.2, 0) is 22.4 Å². The molecule has 5 nitrogen and oxygen atoms in total. The van der Waals surface area contributed by atoms with Gasteiger partial charge in [0, 0.05) is 25.2 Å². The third-order valence-corrected chi connectivity index (χ3v) is 6.32. The molecular formula is C22H28N2O3. The van der Waals surface area contributed by atoms with E-state index < -0.39 is 0 Å². The summed E-state index contributed by atoms with van der Waals surface area (Å²) in [5.41, 5.74) is 3.15. The van der Waals surface area contributed by atoms with Gasteiger partial charge in [0.05, 0.1) is 18.8 Å². The smallest absolute Gasteiger partial charge is 0.254 e. The van der Waals surface area contributed by atoms with Crippen molar-refractivity contribution in [3.63, 3.8) is 0 Å². The standard InChI is InChI=1S/C22H28N2O3/c1-2-20(25)23-12-10-22(11-13-23)16-24(14-15-27-22)21(26)19-9-5-7-17-6-3-4-8-18(17)19/h2,5,7,9H,1,3-4,6,8,10-16H2. The Labute approximate surface area is 161 Å². The molecule has 144 valence electrons. The van der Waals surface area contributed by atoms with Gasteiger partial charge in [0.2, 0.25) is 5.91 Å². The summed E-state index contributed by atoms with van der Waals surface area (Å²) in [4.78, 5) is 28.9. The van der Waals surface area contributed by atoms with Gasteiger partial charge in [0.25, 0.3) is 5.91 Å². The highest BCUT2D eigenvalue weighted by Crippen LogP contribution is 2.32. The van der Waals surface area contributed by atoms with Crippen molar-refractivity contribution in [1.82, 2.24) is 9.80 Å². The van der Waals surface area contributed by atoms with Crippen molar-refractivity contribution in [2.75, 3.05) is 32.8 Å². The van der Waals surface area contributed by atoms with E-state index in [-0.39, 0.29) is 17.4 Å². The molecule has 0 aromatic heterocycles. The Hall–Kier alpha value is -2.14. The number of aryl methyl sites for hydroxylation is 1. The highest BCUT2D eigenvalue weighted by molar-refractivity contribution is 5.96. The Balaban J connectivity index is 1.48. The zero-order valence-corrected chi connectivity index (χ0v) is 15.9. The van der Waals surface area contributed by atoms with Crippen molar-refractivity contribution < 1.29 is 14.3 Å². The van der Waals surface area contributed by atoms with E-state index in [1.807, 2.05) is 21.9 Å². The Morgan fingerprint density at radius 3 is 2.63 bits per heavy atom. The monoisotopic (exact) mass is 368 g/mol. The Kier molecular flexibility index (Phi) is 5.04. The number of fused-ring (bicyclic) bond motifs is 1. The lowest BCUT2D eigenvalue weighted by Gasteiger charge is -2.47. The van der Waals surface area contributed by atoms with Crippen LogP contribution in [0, 0.1) is 0 Å². The molecule has 2 aliphatic heterocycles. The van der Waals surface area contributed by atoms with Gasteiger partial charge in [0.15, 0.2) is 0 Å². The number of likely N-dealkylation sites (tertiary alicyclic amines) is 1. The van der Waals surface area contributed by atoms with Gasteiger partial charge >= 0.3 is 0 Å². The van der Waals surface area contributed by atoms with Crippen LogP contribution in [0.3, 0.4) is 0 Å². The fourth-order valence-electron chi connectivity index (χ4n) is 4.74. The molecule has 2 amide bonds. The highest BCUT2D eigenvalue weighted by atomic mass is 16.5. The predicted molar refractivity (Wildman–Crippen MR) is 104 cm³/mol. The fourth-order valence-corrected chi connectivity index (χ4v) is 4.74. The number of rotatable bonds is 2. The van der Waals surface area contributed by atoms with E-state index in [9.17, 15) is 9.59 Å². The Morgan fingerprint density at radius 2 is 1.85 bits per heavy atom. The number of ether oxygens (including phenoxy) is 1. The number of amides is 2. The molecule has 0 bridgehead atoms. The molecule has 0 saturated carbocycles. The molecule has 2 heterocycles. The largest absolute Gasteiger partial charge is 0.371 e. The quantitative estimate of drug-likeness (QED) is 0.754. The molecular weight excluding hydrogens is 340 g/mol. The third-order valence-electron chi connectivity index (χ3n) is 6.32. The average Bonchev–Trinajstić information content (AvgIpc) is 2.73. The molecule has 2 saturated heterocycles. The van der Waals surface area contributed by atoms with Gasteiger partial charge in [-0.2, -0.15) is 0 Å². The lowest BCUT2D eigenvalue weighted by atomic mass is 9.86. The van der Waals surface area contributed by atoms with Gasteiger partial charge in [0.1, 0.15) is 0 Å². The van der Waals surface area contributed by atoms with Gasteiger partial charge in [-0.25, -0.2) is 0 Å². The molecule has 1 aromatic rings. The van der Waals surface area contributed by atoms with E-state index in [4.69, 9.17) is 4.74 Å². The molecule has 27 heavy (non-hydrogen) atoms. The maximum Gasteiger partial charge on any atom is 0.254 e. The minimum absolute atomic E-state index is 0.0236. The van der Waals surface area contributed by atoms with Crippen LogP contribution in [0.5, 0.6) is 0 Å². The summed E-state index contributed by atoms with van der Waals surface area (Å²) in [6.45, 7) is 6.71. The molecule has 4 rings (SSSR count). The highest BCUT2D eigenvalue weighted by Gasteiger charge is 2.42. The summed E-state index contributed by atoms with van der Waals surface area (Å²) < 4.78 is 6.14. The molecule has 1 spiro atoms. The first-order chi connectivity index (χ1) is 13.1. The first-order valence-electron chi connectivity index (χ1n) is 10.1. The van der Waals surface area contributed by atoms with Crippen LogP contribution in [0.4, 0.5) is 0 Å². The second-order valence-electron chi connectivity index (χ2n) is 7.94. The number of carbonyl (C=O) groups excluding carboxylic acids is 2. The lowest BCUT2D eigenvalue weighted by Crippen LogP contribution is -2.58. The van der Waals surface area contributed by atoms with Crippen LogP contribution in [0.2, 0.25) is 0 Å². The van der Waals surface area contributed by atoms with Crippen LogP contribution < -0.4 is 0 Å². The van der Waals surface area contributed by atoms with E-state index in [0.717, 1.165) is 37.7 Å². The second-order valence-corrected chi connectivity index (χ2v) is 7.94. The van der Waals surface area contributed by atoms with E-state index in [1.165, 1.54) is 23.6 Å². The summed E-state index contributed by atoms with van der Waals surface area (Å²) in [7, 11) is 0. The first kappa shape index (κ1) is 18.2. The van der Waals surface area contributed by atoms with Gasteiger partial charge in [-0.3, -0.25) is 9.59 Å². The number of hydrogen-bond donors (Lipinski definition) is 0. The van der Waals surface area contributed by atoms with Crippen LogP contribution in [-0.4, -0.2) is 60.0 Å². The van der Waals surface area contributed by atoms with Crippen molar-refractivity contribution in [1.29, 1.82) is 0 Å². The zero-order chi connectivity index (χ0) is 18.9. The number of morpholine rings is 1. The van der Waals surface area contributed by atoms with Gasteiger partial charge in [-0.15, -0.1) is 0 Å². The van der Waals surface area contributed by atoms with E-state index >= 15 is 0 Å².